The number of aromatic nitrogens is 1. The molecule has 0 radical (unpaired) electrons. The summed E-state index contributed by atoms with van der Waals surface area (Å²) in [7, 11) is 0. The van der Waals surface area contributed by atoms with Crippen molar-refractivity contribution in [3.05, 3.63) is 50.0 Å². The first-order valence-electron chi connectivity index (χ1n) is 5.21. The molecule has 20 heavy (non-hydrogen) atoms. The Hall–Kier alpha value is -0.790. The SMILES string of the molecule is FC(F)(F)c1cc(Cl)cc(Nc2ncc(Br)cc2Br)c1. The lowest BCUT2D eigenvalue weighted by Crippen LogP contribution is -2.06. The molecule has 0 saturated heterocycles. The van der Waals surface area contributed by atoms with Crippen LogP contribution in [-0.2, 0) is 6.18 Å². The van der Waals surface area contributed by atoms with E-state index in [-0.39, 0.29) is 10.7 Å². The average molecular weight is 430 g/mol. The van der Waals surface area contributed by atoms with Gasteiger partial charge in [-0.3, -0.25) is 0 Å². The summed E-state index contributed by atoms with van der Waals surface area (Å²) in [6, 6.07) is 4.97. The molecule has 0 fully saturated rings. The molecule has 0 spiro atoms. The molecule has 1 aromatic carbocycles. The molecule has 2 nitrogen and oxygen atoms in total. The second-order valence-electron chi connectivity index (χ2n) is 3.84. The standard InChI is InChI=1S/C12H6Br2ClF3N2/c13-7-3-10(14)11(19-5-7)20-9-2-6(12(16,17)18)1-8(15)4-9/h1-5H,(H,19,20). The monoisotopic (exact) mass is 428 g/mol. The Kier molecular flexibility index (Phi) is 4.61. The molecular formula is C12H6Br2ClF3N2. The lowest BCUT2D eigenvalue weighted by Gasteiger charge is -2.12. The summed E-state index contributed by atoms with van der Waals surface area (Å²) in [5.41, 5.74) is -0.610. The zero-order valence-electron chi connectivity index (χ0n) is 9.60. The van der Waals surface area contributed by atoms with Crippen LogP contribution in [0.5, 0.6) is 0 Å². The molecule has 0 aliphatic heterocycles. The van der Waals surface area contributed by atoms with Crippen LogP contribution in [0.15, 0.2) is 39.4 Å². The number of alkyl halides is 3. The number of hydrogen-bond donors (Lipinski definition) is 1. The van der Waals surface area contributed by atoms with Crippen LogP contribution in [0.3, 0.4) is 0 Å². The Morgan fingerprint density at radius 1 is 1.10 bits per heavy atom. The molecule has 2 aromatic rings. The van der Waals surface area contributed by atoms with Crippen LogP contribution in [-0.4, -0.2) is 4.98 Å². The van der Waals surface area contributed by atoms with Gasteiger partial charge >= 0.3 is 6.18 Å². The van der Waals surface area contributed by atoms with Gasteiger partial charge < -0.3 is 5.32 Å². The number of benzene rings is 1. The minimum absolute atomic E-state index is 0.00411. The number of rotatable bonds is 2. The van der Waals surface area contributed by atoms with Crippen molar-refractivity contribution in [2.45, 2.75) is 6.18 Å². The molecule has 0 saturated carbocycles. The van der Waals surface area contributed by atoms with Crippen LogP contribution in [0.2, 0.25) is 5.02 Å². The molecule has 1 N–H and O–H groups in total. The van der Waals surface area contributed by atoms with Crippen LogP contribution in [0.1, 0.15) is 5.56 Å². The van der Waals surface area contributed by atoms with Crippen molar-refractivity contribution in [2.24, 2.45) is 0 Å². The van der Waals surface area contributed by atoms with E-state index in [1.807, 2.05) is 0 Å². The zero-order chi connectivity index (χ0) is 14.9. The summed E-state index contributed by atoms with van der Waals surface area (Å²) in [5, 5.41) is 2.79. The van der Waals surface area contributed by atoms with Gasteiger partial charge in [0, 0.05) is 21.4 Å². The van der Waals surface area contributed by atoms with Crippen molar-refractivity contribution in [2.75, 3.05) is 5.32 Å². The van der Waals surface area contributed by atoms with Crippen molar-refractivity contribution in [1.29, 1.82) is 0 Å². The number of nitrogens with zero attached hydrogens (tertiary/aromatic N) is 1. The number of pyridine rings is 1. The minimum Gasteiger partial charge on any atom is -0.339 e. The van der Waals surface area contributed by atoms with Crippen molar-refractivity contribution in [3.8, 4) is 0 Å². The maximum Gasteiger partial charge on any atom is 0.416 e. The van der Waals surface area contributed by atoms with Crippen molar-refractivity contribution >= 4 is 55.0 Å². The molecule has 8 heteroatoms. The summed E-state index contributed by atoms with van der Waals surface area (Å²) in [6.45, 7) is 0. The highest BCUT2D eigenvalue weighted by Crippen LogP contribution is 2.34. The summed E-state index contributed by atoms with van der Waals surface area (Å²) in [5.74, 6) is 0.392. The zero-order valence-corrected chi connectivity index (χ0v) is 13.5. The molecule has 0 amide bonds. The second kappa shape index (κ2) is 5.91. The molecule has 0 bridgehead atoms. The predicted octanol–water partition coefficient (Wildman–Crippen LogP) is 6.02. The number of hydrogen-bond acceptors (Lipinski definition) is 2. The normalized spacial score (nSPS) is 11.5. The third-order valence-corrected chi connectivity index (χ3v) is 3.55. The highest BCUT2D eigenvalue weighted by atomic mass is 79.9. The lowest BCUT2D eigenvalue weighted by molar-refractivity contribution is -0.137. The molecular weight excluding hydrogens is 424 g/mol. The van der Waals surface area contributed by atoms with Gasteiger partial charge in [0.05, 0.1) is 10.0 Å². The Morgan fingerprint density at radius 2 is 1.80 bits per heavy atom. The van der Waals surface area contributed by atoms with Gasteiger partial charge in [-0.2, -0.15) is 13.2 Å². The third kappa shape index (κ3) is 3.86. The Morgan fingerprint density at radius 3 is 2.40 bits per heavy atom. The van der Waals surface area contributed by atoms with E-state index in [2.05, 4.69) is 42.2 Å². The van der Waals surface area contributed by atoms with Crippen molar-refractivity contribution in [1.82, 2.24) is 4.98 Å². The molecule has 2 rings (SSSR count). The number of anilines is 2. The van der Waals surface area contributed by atoms with E-state index in [1.165, 1.54) is 12.3 Å². The smallest absolute Gasteiger partial charge is 0.339 e. The first-order valence-corrected chi connectivity index (χ1v) is 7.18. The third-order valence-electron chi connectivity index (χ3n) is 2.30. The number of nitrogens with one attached hydrogen (secondary N) is 1. The molecule has 1 aromatic heterocycles. The summed E-state index contributed by atoms with van der Waals surface area (Å²) >= 11 is 12.2. The Labute approximate surface area is 134 Å². The lowest BCUT2D eigenvalue weighted by atomic mass is 10.2. The first-order chi connectivity index (χ1) is 9.25. The fourth-order valence-electron chi connectivity index (χ4n) is 1.47. The van der Waals surface area contributed by atoms with Crippen LogP contribution in [0.25, 0.3) is 0 Å². The van der Waals surface area contributed by atoms with Gasteiger partial charge in [0.15, 0.2) is 0 Å². The number of halogens is 6. The van der Waals surface area contributed by atoms with Crippen LogP contribution in [0.4, 0.5) is 24.7 Å². The van der Waals surface area contributed by atoms with Gasteiger partial charge in [-0.15, -0.1) is 0 Å². The van der Waals surface area contributed by atoms with Gasteiger partial charge in [-0.1, -0.05) is 11.6 Å². The maximum atomic E-state index is 12.7. The first kappa shape index (κ1) is 15.6. The van der Waals surface area contributed by atoms with Crippen molar-refractivity contribution < 1.29 is 13.2 Å². The molecule has 0 aliphatic rings. The Balaban J connectivity index is 2.36. The summed E-state index contributed by atoms with van der Waals surface area (Å²) in [4.78, 5) is 4.07. The summed E-state index contributed by atoms with van der Waals surface area (Å²) < 4.78 is 39.5. The largest absolute Gasteiger partial charge is 0.416 e. The predicted molar refractivity (Wildman–Crippen MR) is 79.4 cm³/mol. The summed E-state index contributed by atoms with van der Waals surface area (Å²) in [6.07, 6.45) is -2.92. The van der Waals surface area contributed by atoms with E-state index < -0.39 is 11.7 Å². The van der Waals surface area contributed by atoms with Crippen LogP contribution >= 0.6 is 43.5 Å². The highest BCUT2D eigenvalue weighted by molar-refractivity contribution is 9.11. The topological polar surface area (TPSA) is 24.9 Å². The van der Waals surface area contributed by atoms with Gasteiger partial charge in [0.2, 0.25) is 0 Å². The van der Waals surface area contributed by atoms with E-state index in [1.54, 1.807) is 6.07 Å². The molecule has 0 atom stereocenters. The highest BCUT2D eigenvalue weighted by Gasteiger charge is 2.31. The molecule has 106 valence electrons. The van der Waals surface area contributed by atoms with Crippen LogP contribution in [0, 0.1) is 0 Å². The minimum atomic E-state index is -4.45. The Bertz CT molecular complexity index is 647. The fourth-order valence-corrected chi connectivity index (χ4v) is 2.79. The van der Waals surface area contributed by atoms with Gasteiger partial charge in [0.25, 0.3) is 0 Å². The molecule has 1 heterocycles. The van der Waals surface area contributed by atoms with E-state index in [4.69, 9.17) is 11.6 Å². The van der Waals surface area contributed by atoms with E-state index in [9.17, 15) is 13.2 Å². The van der Waals surface area contributed by atoms with Crippen LogP contribution < -0.4 is 5.32 Å². The van der Waals surface area contributed by atoms with Gasteiger partial charge in [-0.25, -0.2) is 4.98 Å². The van der Waals surface area contributed by atoms with E-state index in [0.29, 0.717) is 10.3 Å². The van der Waals surface area contributed by atoms with Gasteiger partial charge in [0.1, 0.15) is 5.82 Å². The van der Waals surface area contributed by atoms with Gasteiger partial charge in [-0.05, 0) is 56.1 Å². The maximum absolute atomic E-state index is 12.7. The molecule has 0 aliphatic carbocycles. The average Bonchev–Trinajstić information content (AvgIpc) is 2.31. The van der Waals surface area contributed by atoms with E-state index in [0.717, 1.165) is 16.6 Å². The molecule has 0 unspecified atom stereocenters. The second-order valence-corrected chi connectivity index (χ2v) is 6.04. The fraction of sp³-hybridized carbons (Fsp3) is 0.0833. The quantitative estimate of drug-likeness (QED) is 0.630. The van der Waals surface area contributed by atoms with Crippen molar-refractivity contribution in [3.63, 3.8) is 0 Å². The van der Waals surface area contributed by atoms with E-state index >= 15 is 0 Å².